The molecular formula is C16H17N7O2S2. The van der Waals surface area contributed by atoms with Crippen molar-refractivity contribution in [3.05, 3.63) is 16.3 Å². The number of thiophene rings is 1. The molecule has 1 aliphatic heterocycles. The summed E-state index contributed by atoms with van der Waals surface area (Å²) in [4.78, 5) is 18.1. The highest BCUT2D eigenvalue weighted by Crippen LogP contribution is 2.41. The number of carbonyl (C=O) groups is 1. The number of ether oxygens (including phenoxy) is 1. The zero-order valence-electron chi connectivity index (χ0n) is 15.0. The van der Waals surface area contributed by atoms with Crippen LogP contribution in [0.3, 0.4) is 0 Å². The molecule has 0 unspecified atom stereocenters. The van der Waals surface area contributed by atoms with Gasteiger partial charge >= 0.3 is 0 Å². The van der Waals surface area contributed by atoms with E-state index in [1.807, 2.05) is 11.3 Å². The number of aryl methyl sites for hydroxylation is 1. The molecule has 0 aliphatic carbocycles. The Bertz CT molecular complexity index is 1240. The molecule has 5 rings (SSSR count). The molecule has 140 valence electrons. The van der Waals surface area contributed by atoms with E-state index < -0.39 is 5.91 Å². The molecule has 0 saturated heterocycles. The maximum atomic E-state index is 11.2. The lowest BCUT2D eigenvalue weighted by Crippen LogP contribution is -2.31. The van der Waals surface area contributed by atoms with E-state index in [9.17, 15) is 4.79 Å². The van der Waals surface area contributed by atoms with Gasteiger partial charge in [-0.3, -0.25) is 4.79 Å². The highest BCUT2D eigenvalue weighted by atomic mass is 32.2. The molecule has 9 nitrogen and oxygen atoms in total. The van der Waals surface area contributed by atoms with Crippen LogP contribution in [0, 0.1) is 6.92 Å². The summed E-state index contributed by atoms with van der Waals surface area (Å²) >= 11 is 2.92. The van der Waals surface area contributed by atoms with Gasteiger partial charge in [0.05, 0.1) is 23.3 Å². The van der Waals surface area contributed by atoms with Crippen molar-refractivity contribution in [1.29, 1.82) is 0 Å². The van der Waals surface area contributed by atoms with Gasteiger partial charge in [-0.2, -0.15) is 4.52 Å². The van der Waals surface area contributed by atoms with Crippen molar-refractivity contribution >= 4 is 50.6 Å². The first-order chi connectivity index (χ1) is 12.8. The monoisotopic (exact) mass is 403 g/mol. The number of fused-ring (bicyclic) bond motifs is 8. The van der Waals surface area contributed by atoms with Gasteiger partial charge in [0.2, 0.25) is 5.91 Å². The number of primary amides is 1. The van der Waals surface area contributed by atoms with E-state index in [4.69, 9.17) is 10.5 Å². The number of rotatable bonds is 3. The summed E-state index contributed by atoms with van der Waals surface area (Å²) in [6.45, 7) is 6.61. The topological polar surface area (TPSA) is 113 Å². The zero-order chi connectivity index (χ0) is 18.9. The Balaban J connectivity index is 1.88. The third-order valence-corrected chi connectivity index (χ3v) is 6.70. The molecule has 0 atom stereocenters. The zero-order valence-corrected chi connectivity index (χ0v) is 16.6. The van der Waals surface area contributed by atoms with Crippen molar-refractivity contribution in [1.82, 2.24) is 29.2 Å². The molecule has 0 saturated carbocycles. The lowest BCUT2D eigenvalue weighted by atomic mass is 9.94. The van der Waals surface area contributed by atoms with Crippen molar-refractivity contribution < 1.29 is 9.53 Å². The van der Waals surface area contributed by atoms with E-state index in [0.717, 1.165) is 22.3 Å². The lowest BCUT2D eigenvalue weighted by Gasteiger charge is -2.30. The van der Waals surface area contributed by atoms with Crippen LogP contribution in [-0.2, 0) is 22.6 Å². The number of nitrogens with zero attached hydrogens (tertiary/aromatic N) is 6. The summed E-state index contributed by atoms with van der Waals surface area (Å²) in [5, 5.41) is 14.8. The first kappa shape index (κ1) is 16.9. The number of nitrogens with two attached hydrogens (primary N) is 1. The molecule has 27 heavy (non-hydrogen) atoms. The molecule has 0 spiro atoms. The van der Waals surface area contributed by atoms with Crippen molar-refractivity contribution in [2.45, 2.75) is 44.6 Å². The molecule has 2 N–H and O–H groups in total. The Morgan fingerprint density at radius 3 is 3.00 bits per heavy atom. The first-order valence-electron chi connectivity index (χ1n) is 8.44. The summed E-state index contributed by atoms with van der Waals surface area (Å²) in [5.74, 6) is 0.984. The van der Waals surface area contributed by atoms with Gasteiger partial charge in [-0.25, -0.2) is 9.38 Å². The maximum Gasteiger partial charge on any atom is 0.260 e. The Morgan fingerprint density at radius 2 is 2.22 bits per heavy atom. The van der Waals surface area contributed by atoms with E-state index >= 15 is 0 Å². The normalized spacial score (nSPS) is 16.4. The summed E-state index contributed by atoms with van der Waals surface area (Å²) in [6.07, 6.45) is 0.793. The fourth-order valence-electron chi connectivity index (χ4n) is 3.45. The van der Waals surface area contributed by atoms with Gasteiger partial charge in [0.25, 0.3) is 5.78 Å². The molecular weight excluding hydrogens is 386 g/mol. The molecule has 4 aromatic heterocycles. The Labute approximate surface area is 161 Å². The van der Waals surface area contributed by atoms with Crippen molar-refractivity contribution in [2.24, 2.45) is 5.73 Å². The number of hydrogen-bond acceptors (Lipinski definition) is 8. The van der Waals surface area contributed by atoms with Crippen LogP contribution in [0.15, 0.2) is 5.16 Å². The first-order valence-corrected chi connectivity index (χ1v) is 10.2. The third-order valence-electron chi connectivity index (χ3n) is 4.56. The minimum atomic E-state index is -0.397. The minimum Gasteiger partial charge on any atom is -0.370 e. The van der Waals surface area contributed by atoms with E-state index in [1.165, 1.54) is 22.2 Å². The number of amides is 1. The molecule has 1 aliphatic rings. The van der Waals surface area contributed by atoms with E-state index in [1.54, 1.807) is 15.9 Å². The Morgan fingerprint density at radius 1 is 1.41 bits per heavy atom. The largest absolute Gasteiger partial charge is 0.370 e. The molecule has 0 fully saturated rings. The van der Waals surface area contributed by atoms with Gasteiger partial charge in [-0.15, -0.1) is 26.6 Å². The van der Waals surface area contributed by atoms with Crippen LogP contribution >= 0.6 is 23.1 Å². The molecule has 1 amide bonds. The van der Waals surface area contributed by atoms with Gasteiger partial charge in [-0.1, -0.05) is 11.8 Å². The second-order valence-electron chi connectivity index (χ2n) is 7.18. The fraction of sp³-hybridized carbons (Fsp3) is 0.438. The van der Waals surface area contributed by atoms with Gasteiger partial charge in [-0.05, 0) is 26.3 Å². The molecule has 5 heterocycles. The fourth-order valence-corrected chi connectivity index (χ4v) is 5.40. The average Bonchev–Trinajstić information content (AvgIpc) is 3.25. The standard InChI is InChI=1S/C16H17N7O2S2/c1-7-18-12-11-8-4-16(2,3)25-5-9(8)27-13(11)22-14(23(12)21-7)19-20-15(22)26-6-10(17)24/h4-6H2,1-3H3,(H2,17,24). The summed E-state index contributed by atoms with van der Waals surface area (Å²) < 4.78 is 9.68. The average molecular weight is 403 g/mol. The summed E-state index contributed by atoms with van der Waals surface area (Å²) in [7, 11) is 0. The van der Waals surface area contributed by atoms with Crippen LogP contribution < -0.4 is 5.73 Å². The van der Waals surface area contributed by atoms with E-state index in [2.05, 4.69) is 34.1 Å². The van der Waals surface area contributed by atoms with Crippen molar-refractivity contribution in [3.63, 3.8) is 0 Å². The molecule has 0 aromatic carbocycles. The van der Waals surface area contributed by atoms with Crippen LogP contribution in [0.2, 0.25) is 0 Å². The molecule has 0 bridgehead atoms. The number of thioether (sulfide) groups is 1. The van der Waals surface area contributed by atoms with E-state index in [-0.39, 0.29) is 11.4 Å². The smallest absolute Gasteiger partial charge is 0.260 e. The van der Waals surface area contributed by atoms with Crippen molar-refractivity contribution in [2.75, 3.05) is 5.75 Å². The second kappa shape index (κ2) is 5.63. The SMILES string of the molecule is Cc1nc2c3c4c(sc3n3c(SCC(N)=O)nnc3n2n1)COC(C)(C)C4. The number of hydrogen-bond donors (Lipinski definition) is 1. The summed E-state index contributed by atoms with van der Waals surface area (Å²) in [5.41, 5.74) is 7.10. The predicted molar refractivity (Wildman–Crippen MR) is 102 cm³/mol. The maximum absolute atomic E-state index is 11.2. The summed E-state index contributed by atoms with van der Waals surface area (Å²) in [6, 6.07) is 0. The number of aromatic nitrogens is 6. The molecule has 11 heteroatoms. The Kier molecular flexibility index (Phi) is 3.52. The van der Waals surface area contributed by atoms with Crippen LogP contribution in [0.4, 0.5) is 0 Å². The Hall–Kier alpha value is -2.24. The van der Waals surface area contributed by atoms with Crippen molar-refractivity contribution in [3.8, 4) is 0 Å². The van der Waals surface area contributed by atoms with Crippen LogP contribution in [0.25, 0.3) is 21.6 Å². The van der Waals surface area contributed by atoms with E-state index in [0.29, 0.717) is 23.4 Å². The van der Waals surface area contributed by atoms with Crippen LogP contribution in [-0.4, -0.2) is 46.5 Å². The highest BCUT2D eigenvalue weighted by Gasteiger charge is 2.32. The molecule has 0 radical (unpaired) electrons. The van der Waals surface area contributed by atoms with Crippen LogP contribution in [0.1, 0.15) is 30.1 Å². The van der Waals surface area contributed by atoms with Crippen LogP contribution in [0.5, 0.6) is 0 Å². The van der Waals surface area contributed by atoms with Gasteiger partial charge in [0.15, 0.2) is 10.8 Å². The predicted octanol–water partition coefficient (Wildman–Crippen LogP) is 1.72. The molecule has 4 aromatic rings. The second-order valence-corrected chi connectivity index (χ2v) is 9.20. The van der Waals surface area contributed by atoms with Gasteiger partial charge in [0, 0.05) is 11.3 Å². The minimum absolute atomic E-state index is 0.137. The van der Waals surface area contributed by atoms with Gasteiger partial charge < -0.3 is 10.5 Å². The highest BCUT2D eigenvalue weighted by molar-refractivity contribution is 7.99. The third kappa shape index (κ3) is 2.52. The quantitative estimate of drug-likeness (QED) is 0.518. The number of carbonyl (C=O) groups excluding carboxylic acids is 1. The van der Waals surface area contributed by atoms with Gasteiger partial charge in [0.1, 0.15) is 10.7 Å². The lowest BCUT2D eigenvalue weighted by molar-refractivity contribution is -0.115.